The second kappa shape index (κ2) is 7.68. The molecule has 0 bridgehead atoms. The van der Waals surface area contributed by atoms with Crippen molar-refractivity contribution in [1.82, 2.24) is 15.0 Å². The van der Waals surface area contributed by atoms with Crippen LogP contribution in [0.1, 0.15) is 46.5 Å². The summed E-state index contributed by atoms with van der Waals surface area (Å²) in [5.74, 6) is 0.659. The topological polar surface area (TPSA) is 86.0 Å². The van der Waals surface area contributed by atoms with Crippen molar-refractivity contribution in [3.63, 3.8) is 0 Å². The van der Waals surface area contributed by atoms with Crippen molar-refractivity contribution in [2.75, 3.05) is 17.7 Å². The predicted octanol–water partition coefficient (Wildman–Crippen LogP) is 2.23. The minimum absolute atomic E-state index is 0.178. The van der Waals surface area contributed by atoms with Crippen LogP contribution in [0.2, 0.25) is 0 Å². The average Bonchev–Trinajstić information content (AvgIpc) is 2.28. The Morgan fingerprint density at radius 1 is 1.22 bits per heavy atom. The SMILES string of the molecule is CCCCCC(C)Nc1nc(N)nc(OCC)n1. The highest BCUT2D eigenvalue weighted by atomic mass is 16.5. The number of anilines is 2. The third-order valence-electron chi connectivity index (χ3n) is 2.52. The lowest BCUT2D eigenvalue weighted by Crippen LogP contribution is -2.18. The van der Waals surface area contributed by atoms with E-state index in [9.17, 15) is 0 Å². The van der Waals surface area contributed by atoms with Gasteiger partial charge in [0, 0.05) is 6.04 Å². The molecule has 1 atom stereocenters. The van der Waals surface area contributed by atoms with Crippen LogP contribution < -0.4 is 15.8 Å². The summed E-state index contributed by atoms with van der Waals surface area (Å²) in [5, 5.41) is 3.22. The molecular weight excluding hydrogens is 230 g/mol. The first kappa shape index (κ1) is 14.5. The molecule has 1 aromatic rings. The highest BCUT2D eigenvalue weighted by Crippen LogP contribution is 2.12. The van der Waals surface area contributed by atoms with Gasteiger partial charge < -0.3 is 15.8 Å². The zero-order valence-electron chi connectivity index (χ0n) is 11.4. The third kappa shape index (κ3) is 5.16. The molecule has 6 nitrogen and oxygen atoms in total. The van der Waals surface area contributed by atoms with E-state index in [1.165, 1.54) is 19.3 Å². The van der Waals surface area contributed by atoms with Crippen molar-refractivity contribution in [2.24, 2.45) is 0 Å². The van der Waals surface area contributed by atoms with Crippen LogP contribution in [0.4, 0.5) is 11.9 Å². The zero-order valence-corrected chi connectivity index (χ0v) is 11.4. The van der Waals surface area contributed by atoms with Crippen LogP contribution in [-0.2, 0) is 0 Å². The van der Waals surface area contributed by atoms with Gasteiger partial charge >= 0.3 is 6.01 Å². The summed E-state index contributed by atoms with van der Waals surface area (Å²) in [4.78, 5) is 12.1. The van der Waals surface area contributed by atoms with Gasteiger partial charge in [0.2, 0.25) is 11.9 Å². The molecule has 0 saturated heterocycles. The maximum absolute atomic E-state index is 5.60. The lowest BCUT2D eigenvalue weighted by molar-refractivity contribution is 0.312. The maximum Gasteiger partial charge on any atom is 0.323 e. The molecule has 18 heavy (non-hydrogen) atoms. The first-order valence-corrected chi connectivity index (χ1v) is 6.56. The summed E-state index contributed by atoms with van der Waals surface area (Å²) in [6.45, 7) is 6.69. The molecular formula is C12H23N5O. The Hall–Kier alpha value is -1.59. The van der Waals surface area contributed by atoms with Gasteiger partial charge in [-0.15, -0.1) is 0 Å². The largest absolute Gasteiger partial charge is 0.464 e. The monoisotopic (exact) mass is 253 g/mol. The first-order chi connectivity index (χ1) is 8.65. The Morgan fingerprint density at radius 3 is 2.67 bits per heavy atom. The number of nitrogens with one attached hydrogen (secondary N) is 1. The fourth-order valence-corrected chi connectivity index (χ4v) is 1.62. The van der Waals surface area contributed by atoms with E-state index in [4.69, 9.17) is 10.5 Å². The molecule has 1 unspecified atom stereocenters. The van der Waals surface area contributed by atoms with Gasteiger partial charge in [0.25, 0.3) is 0 Å². The number of nitrogen functional groups attached to an aromatic ring is 1. The normalized spacial score (nSPS) is 12.2. The van der Waals surface area contributed by atoms with E-state index in [0.717, 1.165) is 6.42 Å². The van der Waals surface area contributed by atoms with Gasteiger partial charge in [-0.05, 0) is 20.3 Å². The van der Waals surface area contributed by atoms with Crippen LogP contribution in [0.3, 0.4) is 0 Å². The van der Waals surface area contributed by atoms with Crippen molar-refractivity contribution in [1.29, 1.82) is 0 Å². The Kier molecular flexibility index (Phi) is 6.18. The van der Waals surface area contributed by atoms with Crippen LogP contribution in [-0.4, -0.2) is 27.6 Å². The van der Waals surface area contributed by atoms with Gasteiger partial charge in [0.15, 0.2) is 0 Å². The van der Waals surface area contributed by atoms with E-state index in [1.807, 2.05) is 6.92 Å². The predicted molar refractivity (Wildman–Crippen MR) is 72.6 cm³/mol. The van der Waals surface area contributed by atoms with Crippen LogP contribution in [0, 0.1) is 0 Å². The molecule has 1 rings (SSSR count). The fraction of sp³-hybridized carbons (Fsp3) is 0.750. The van der Waals surface area contributed by atoms with Gasteiger partial charge in [-0.25, -0.2) is 0 Å². The number of rotatable bonds is 8. The van der Waals surface area contributed by atoms with Crippen molar-refractivity contribution < 1.29 is 4.74 Å². The molecule has 0 aliphatic rings. The molecule has 0 aliphatic carbocycles. The van der Waals surface area contributed by atoms with E-state index >= 15 is 0 Å². The van der Waals surface area contributed by atoms with Gasteiger partial charge in [-0.1, -0.05) is 26.2 Å². The molecule has 1 aromatic heterocycles. The molecule has 0 fully saturated rings. The van der Waals surface area contributed by atoms with Crippen LogP contribution in [0.5, 0.6) is 6.01 Å². The highest BCUT2D eigenvalue weighted by molar-refractivity contribution is 5.33. The molecule has 0 aromatic carbocycles. The summed E-state index contributed by atoms with van der Waals surface area (Å²) >= 11 is 0. The lowest BCUT2D eigenvalue weighted by Gasteiger charge is -2.13. The number of nitrogens with zero attached hydrogens (tertiary/aromatic N) is 3. The molecule has 1 heterocycles. The minimum atomic E-state index is 0.178. The highest BCUT2D eigenvalue weighted by Gasteiger charge is 2.08. The van der Waals surface area contributed by atoms with Crippen molar-refractivity contribution in [3.8, 4) is 6.01 Å². The molecule has 6 heteroatoms. The number of nitrogens with two attached hydrogens (primary N) is 1. The van der Waals surface area contributed by atoms with Crippen LogP contribution in [0.15, 0.2) is 0 Å². The molecule has 0 amide bonds. The Morgan fingerprint density at radius 2 is 2.00 bits per heavy atom. The maximum atomic E-state index is 5.60. The second-order valence-corrected chi connectivity index (χ2v) is 4.27. The summed E-state index contributed by atoms with van der Waals surface area (Å²) in [6.07, 6.45) is 4.75. The third-order valence-corrected chi connectivity index (χ3v) is 2.52. The first-order valence-electron chi connectivity index (χ1n) is 6.56. The summed E-state index contributed by atoms with van der Waals surface area (Å²) in [7, 11) is 0. The smallest absolute Gasteiger partial charge is 0.323 e. The van der Waals surface area contributed by atoms with E-state index < -0.39 is 0 Å². The molecule has 3 N–H and O–H groups in total. The summed E-state index contributed by atoms with van der Waals surface area (Å²) < 4.78 is 5.23. The van der Waals surface area contributed by atoms with E-state index in [0.29, 0.717) is 18.6 Å². The van der Waals surface area contributed by atoms with Gasteiger partial charge in [-0.2, -0.15) is 15.0 Å². The van der Waals surface area contributed by atoms with Crippen LogP contribution in [0.25, 0.3) is 0 Å². The van der Waals surface area contributed by atoms with E-state index in [2.05, 4.69) is 34.1 Å². The second-order valence-electron chi connectivity index (χ2n) is 4.27. The minimum Gasteiger partial charge on any atom is -0.464 e. The average molecular weight is 253 g/mol. The number of aromatic nitrogens is 3. The van der Waals surface area contributed by atoms with Crippen molar-refractivity contribution in [2.45, 2.75) is 52.5 Å². The van der Waals surface area contributed by atoms with Crippen molar-refractivity contribution >= 4 is 11.9 Å². The van der Waals surface area contributed by atoms with Gasteiger partial charge in [0.1, 0.15) is 0 Å². The molecule has 0 spiro atoms. The number of unbranched alkanes of at least 4 members (excludes halogenated alkanes) is 2. The Balaban J connectivity index is 2.54. The summed E-state index contributed by atoms with van der Waals surface area (Å²) in [5.41, 5.74) is 5.60. The van der Waals surface area contributed by atoms with Crippen LogP contribution >= 0.6 is 0 Å². The zero-order chi connectivity index (χ0) is 13.4. The summed E-state index contributed by atoms with van der Waals surface area (Å²) in [6, 6.07) is 0.584. The quantitative estimate of drug-likeness (QED) is 0.691. The Labute approximate surface area is 108 Å². The van der Waals surface area contributed by atoms with E-state index in [-0.39, 0.29) is 12.0 Å². The fourth-order valence-electron chi connectivity index (χ4n) is 1.62. The number of ether oxygens (including phenoxy) is 1. The molecule has 102 valence electrons. The molecule has 0 saturated carbocycles. The van der Waals surface area contributed by atoms with Crippen molar-refractivity contribution in [3.05, 3.63) is 0 Å². The van der Waals surface area contributed by atoms with E-state index in [1.54, 1.807) is 0 Å². The molecule has 0 radical (unpaired) electrons. The van der Waals surface area contributed by atoms with Gasteiger partial charge in [-0.3, -0.25) is 0 Å². The number of hydrogen-bond donors (Lipinski definition) is 2. The molecule has 0 aliphatic heterocycles. The standard InChI is InChI=1S/C12H23N5O/c1-4-6-7-8-9(3)14-11-15-10(13)16-12(17-11)18-5-2/h9H,4-8H2,1-3H3,(H3,13,14,15,16,17). The number of hydrogen-bond acceptors (Lipinski definition) is 6. The Bertz CT molecular complexity index is 358. The lowest BCUT2D eigenvalue weighted by atomic mass is 10.1. The van der Waals surface area contributed by atoms with Gasteiger partial charge in [0.05, 0.1) is 6.61 Å².